The van der Waals surface area contributed by atoms with Crippen LogP contribution >= 0.6 is 0 Å². The Kier molecular flexibility index (Phi) is 5.78. The van der Waals surface area contributed by atoms with Crippen molar-refractivity contribution in [1.29, 1.82) is 0 Å². The van der Waals surface area contributed by atoms with E-state index in [1.807, 2.05) is 0 Å². The fraction of sp³-hybridized carbons (Fsp3) is 0.417. The molecule has 0 fully saturated rings. The minimum Gasteiger partial charge on any atom is -0.480 e. The summed E-state index contributed by atoms with van der Waals surface area (Å²) in [6.07, 6.45) is 0.516. The van der Waals surface area contributed by atoms with Gasteiger partial charge in [-0.3, -0.25) is 4.79 Å². The van der Waals surface area contributed by atoms with Gasteiger partial charge in [-0.25, -0.2) is 4.39 Å². The van der Waals surface area contributed by atoms with Gasteiger partial charge in [0, 0.05) is 11.5 Å². The summed E-state index contributed by atoms with van der Waals surface area (Å²) in [5.74, 6) is -1.54. The predicted molar refractivity (Wildman–Crippen MR) is 68.1 cm³/mol. The van der Waals surface area contributed by atoms with Crippen LogP contribution in [0, 0.1) is 12.7 Å². The van der Waals surface area contributed by atoms with Crippen LogP contribution in [-0.4, -0.2) is 24.2 Å². The summed E-state index contributed by atoms with van der Waals surface area (Å²) in [5.41, 5.74) is 9.21. The van der Waals surface area contributed by atoms with Gasteiger partial charge in [0.15, 0.2) is 0 Å². The van der Waals surface area contributed by atoms with Crippen molar-refractivity contribution in [3.05, 3.63) is 45.6 Å². The Morgan fingerprint density at radius 3 is 3.00 bits per heavy atom. The predicted octanol–water partition coefficient (Wildman–Crippen LogP) is 2.55. The van der Waals surface area contributed by atoms with Crippen LogP contribution in [0.25, 0.3) is 10.4 Å². The third-order valence-electron chi connectivity index (χ3n) is 2.65. The molecule has 102 valence electrons. The molecule has 1 aromatic rings. The molecule has 0 radical (unpaired) electrons. The number of nitrogens with zero attached hydrogens (tertiary/aromatic N) is 3. The second-order valence-electron chi connectivity index (χ2n) is 4.03. The summed E-state index contributed by atoms with van der Waals surface area (Å²) >= 11 is 0. The van der Waals surface area contributed by atoms with E-state index in [-0.39, 0.29) is 6.54 Å². The Bertz CT molecular complexity index is 501. The molecular formula is C12H15FN4O2. The van der Waals surface area contributed by atoms with Crippen LogP contribution < -0.4 is 5.32 Å². The number of azide groups is 1. The number of halogens is 1. The van der Waals surface area contributed by atoms with E-state index in [0.717, 1.165) is 0 Å². The van der Waals surface area contributed by atoms with Gasteiger partial charge < -0.3 is 10.4 Å². The zero-order chi connectivity index (χ0) is 14.3. The van der Waals surface area contributed by atoms with Crippen LogP contribution in [0.5, 0.6) is 0 Å². The molecule has 0 heterocycles. The van der Waals surface area contributed by atoms with Gasteiger partial charge in [-0.2, -0.15) is 0 Å². The van der Waals surface area contributed by atoms with Crippen molar-refractivity contribution in [2.45, 2.75) is 19.4 Å². The summed E-state index contributed by atoms with van der Waals surface area (Å²) < 4.78 is 13.2. The number of benzene rings is 1. The van der Waals surface area contributed by atoms with E-state index in [9.17, 15) is 14.3 Å². The minimum atomic E-state index is -1.07. The Morgan fingerprint density at radius 1 is 1.63 bits per heavy atom. The van der Waals surface area contributed by atoms with Crippen molar-refractivity contribution in [3.8, 4) is 0 Å². The first-order valence-corrected chi connectivity index (χ1v) is 5.79. The number of carboxylic acids is 1. The molecule has 1 atom stereocenters. The lowest BCUT2D eigenvalue weighted by molar-refractivity contribution is -0.139. The topological polar surface area (TPSA) is 98.1 Å². The SMILES string of the molecule is Cc1ccc(F)cc1C(NCCCN=[N+]=[N-])C(=O)O. The van der Waals surface area contributed by atoms with Crippen LogP contribution in [0.1, 0.15) is 23.6 Å². The average Bonchev–Trinajstić information content (AvgIpc) is 2.37. The van der Waals surface area contributed by atoms with Crippen LogP contribution in [0.3, 0.4) is 0 Å². The summed E-state index contributed by atoms with van der Waals surface area (Å²) in [6.45, 7) is 2.39. The fourth-order valence-corrected chi connectivity index (χ4v) is 1.69. The van der Waals surface area contributed by atoms with Gasteiger partial charge in [-0.15, -0.1) is 0 Å². The highest BCUT2D eigenvalue weighted by Crippen LogP contribution is 2.19. The van der Waals surface area contributed by atoms with Crippen molar-refractivity contribution in [3.63, 3.8) is 0 Å². The average molecular weight is 266 g/mol. The van der Waals surface area contributed by atoms with E-state index < -0.39 is 17.8 Å². The molecule has 0 aliphatic rings. The molecule has 1 rings (SSSR count). The Morgan fingerprint density at radius 2 is 2.37 bits per heavy atom. The van der Waals surface area contributed by atoms with E-state index in [1.54, 1.807) is 13.0 Å². The molecule has 0 saturated heterocycles. The normalized spacial score (nSPS) is 11.7. The molecule has 0 spiro atoms. The van der Waals surface area contributed by atoms with Gasteiger partial charge in [0.2, 0.25) is 0 Å². The van der Waals surface area contributed by atoms with Crippen molar-refractivity contribution in [2.24, 2.45) is 5.11 Å². The van der Waals surface area contributed by atoms with Crippen LogP contribution in [0.2, 0.25) is 0 Å². The first kappa shape index (κ1) is 14.9. The number of carbonyl (C=O) groups is 1. The number of aryl methyl sites for hydroxylation is 1. The van der Waals surface area contributed by atoms with Crippen molar-refractivity contribution >= 4 is 5.97 Å². The number of aliphatic carboxylic acids is 1. The van der Waals surface area contributed by atoms with Gasteiger partial charge >= 0.3 is 5.97 Å². The Labute approximate surface area is 109 Å². The van der Waals surface area contributed by atoms with Gasteiger partial charge in [0.1, 0.15) is 11.9 Å². The minimum absolute atomic E-state index is 0.290. The van der Waals surface area contributed by atoms with Crippen LogP contribution in [0.4, 0.5) is 4.39 Å². The molecule has 19 heavy (non-hydrogen) atoms. The van der Waals surface area contributed by atoms with Crippen molar-refractivity contribution in [1.82, 2.24) is 5.32 Å². The molecule has 0 bridgehead atoms. The molecule has 0 aliphatic heterocycles. The molecule has 0 aliphatic carbocycles. The Hall–Kier alpha value is -2.11. The summed E-state index contributed by atoms with van der Waals surface area (Å²) in [7, 11) is 0. The van der Waals surface area contributed by atoms with E-state index in [4.69, 9.17) is 5.53 Å². The third kappa shape index (κ3) is 4.57. The molecule has 0 aromatic heterocycles. The zero-order valence-electron chi connectivity index (χ0n) is 10.5. The van der Waals surface area contributed by atoms with Crippen LogP contribution in [0.15, 0.2) is 23.3 Å². The van der Waals surface area contributed by atoms with Gasteiger partial charge in [-0.1, -0.05) is 11.2 Å². The maximum atomic E-state index is 13.2. The molecule has 1 aromatic carbocycles. The lowest BCUT2D eigenvalue weighted by Gasteiger charge is -2.16. The standard InChI is InChI=1S/C12H15FN4O2/c1-8-3-4-9(13)7-10(8)11(12(18)19)15-5-2-6-16-17-14/h3-4,7,11,15H,2,5-6H2,1H3,(H,18,19). The van der Waals surface area contributed by atoms with Gasteiger partial charge in [0.05, 0.1) is 0 Å². The summed E-state index contributed by atoms with van der Waals surface area (Å²) in [6, 6.07) is 3.08. The van der Waals surface area contributed by atoms with E-state index >= 15 is 0 Å². The van der Waals surface area contributed by atoms with E-state index in [2.05, 4.69) is 15.3 Å². The molecule has 7 heteroatoms. The highest BCUT2D eigenvalue weighted by Gasteiger charge is 2.21. The molecule has 1 unspecified atom stereocenters. The van der Waals surface area contributed by atoms with Gasteiger partial charge in [-0.05, 0) is 48.7 Å². The zero-order valence-corrected chi connectivity index (χ0v) is 10.5. The Balaban J connectivity index is 2.74. The second kappa shape index (κ2) is 7.35. The van der Waals surface area contributed by atoms with E-state index in [1.165, 1.54) is 12.1 Å². The number of hydrogen-bond donors (Lipinski definition) is 2. The number of rotatable bonds is 7. The smallest absolute Gasteiger partial charge is 0.325 e. The molecular weight excluding hydrogens is 251 g/mol. The molecule has 0 amide bonds. The fourth-order valence-electron chi connectivity index (χ4n) is 1.69. The first-order chi connectivity index (χ1) is 9.06. The van der Waals surface area contributed by atoms with Crippen LogP contribution in [-0.2, 0) is 4.79 Å². The van der Waals surface area contributed by atoms with E-state index in [0.29, 0.717) is 24.1 Å². The molecule has 0 saturated carbocycles. The highest BCUT2D eigenvalue weighted by molar-refractivity contribution is 5.76. The third-order valence-corrected chi connectivity index (χ3v) is 2.65. The number of carboxylic acid groups (broad SMARTS) is 1. The maximum absolute atomic E-state index is 13.2. The second-order valence-corrected chi connectivity index (χ2v) is 4.03. The van der Waals surface area contributed by atoms with Crippen molar-refractivity contribution < 1.29 is 14.3 Å². The molecule has 2 N–H and O–H groups in total. The number of hydrogen-bond acceptors (Lipinski definition) is 3. The lowest BCUT2D eigenvalue weighted by Crippen LogP contribution is -2.30. The monoisotopic (exact) mass is 266 g/mol. The first-order valence-electron chi connectivity index (χ1n) is 5.79. The number of nitrogens with one attached hydrogen (secondary N) is 1. The van der Waals surface area contributed by atoms with Gasteiger partial charge in [0.25, 0.3) is 0 Å². The highest BCUT2D eigenvalue weighted by atomic mass is 19.1. The quantitative estimate of drug-likeness (QED) is 0.343. The van der Waals surface area contributed by atoms with Crippen molar-refractivity contribution in [2.75, 3.05) is 13.1 Å². The summed E-state index contributed by atoms with van der Waals surface area (Å²) in [5, 5.41) is 15.3. The molecule has 6 nitrogen and oxygen atoms in total. The summed E-state index contributed by atoms with van der Waals surface area (Å²) in [4.78, 5) is 13.8. The maximum Gasteiger partial charge on any atom is 0.325 e. The lowest BCUT2D eigenvalue weighted by atomic mass is 10.0. The largest absolute Gasteiger partial charge is 0.480 e.